The van der Waals surface area contributed by atoms with Crippen LogP contribution in [-0.2, 0) is 4.79 Å². The van der Waals surface area contributed by atoms with Gasteiger partial charge in [-0.05, 0) is 46.5 Å². The van der Waals surface area contributed by atoms with E-state index in [0.29, 0.717) is 12.5 Å². The van der Waals surface area contributed by atoms with E-state index >= 15 is 0 Å². The third kappa shape index (κ3) is 6.45. The van der Waals surface area contributed by atoms with Crippen molar-refractivity contribution in [3.8, 4) is 0 Å². The van der Waals surface area contributed by atoms with Gasteiger partial charge >= 0.3 is 6.03 Å². The van der Waals surface area contributed by atoms with Crippen molar-refractivity contribution < 1.29 is 9.59 Å². The van der Waals surface area contributed by atoms with E-state index in [1.807, 2.05) is 20.8 Å². The molecule has 19 heavy (non-hydrogen) atoms. The lowest BCUT2D eigenvalue weighted by molar-refractivity contribution is -0.123. The van der Waals surface area contributed by atoms with Crippen molar-refractivity contribution in [2.45, 2.75) is 65.0 Å². The monoisotopic (exact) mass is 269 g/mol. The van der Waals surface area contributed by atoms with Gasteiger partial charge in [0.15, 0.2) is 0 Å². The second-order valence-electron chi connectivity index (χ2n) is 6.47. The van der Waals surface area contributed by atoms with Crippen LogP contribution in [0.2, 0.25) is 0 Å². The zero-order valence-electron chi connectivity index (χ0n) is 12.5. The first-order chi connectivity index (χ1) is 8.78. The van der Waals surface area contributed by atoms with E-state index in [2.05, 4.69) is 16.0 Å². The maximum atomic E-state index is 11.8. The zero-order chi connectivity index (χ0) is 14.5. The average molecular weight is 269 g/mol. The number of amides is 3. The second kappa shape index (κ2) is 6.78. The Balaban J connectivity index is 2.24. The number of hydrogen-bond donors (Lipinski definition) is 3. The summed E-state index contributed by atoms with van der Waals surface area (Å²) in [7, 11) is 0. The zero-order valence-corrected chi connectivity index (χ0v) is 12.5. The summed E-state index contributed by atoms with van der Waals surface area (Å²) >= 11 is 0. The van der Waals surface area contributed by atoms with Crippen molar-refractivity contribution in [3.63, 3.8) is 0 Å². The minimum atomic E-state index is -0.525. The van der Waals surface area contributed by atoms with Crippen LogP contribution in [0.1, 0.15) is 53.4 Å². The van der Waals surface area contributed by atoms with Gasteiger partial charge in [-0.2, -0.15) is 0 Å². The number of nitrogens with one attached hydrogen (secondary N) is 3. The molecule has 1 rings (SSSR count). The topological polar surface area (TPSA) is 70.2 Å². The predicted molar refractivity (Wildman–Crippen MR) is 75.9 cm³/mol. The van der Waals surface area contributed by atoms with Gasteiger partial charge < -0.3 is 16.0 Å². The molecule has 1 atom stereocenters. The van der Waals surface area contributed by atoms with Crippen LogP contribution in [-0.4, -0.2) is 30.1 Å². The van der Waals surface area contributed by atoms with Crippen LogP contribution < -0.4 is 16.0 Å². The molecule has 0 aliphatic heterocycles. The molecule has 0 aromatic carbocycles. The highest BCUT2D eigenvalue weighted by atomic mass is 16.2. The lowest BCUT2D eigenvalue weighted by Crippen LogP contribution is -2.53. The minimum Gasteiger partial charge on any atom is -0.350 e. The molecule has 0 bridgehead atoms. The van der Waals surface area contributed by atoms with E-state index in [4.69, 9.17) is 0 Å². The molecule has 110 valence electrons. The highest BCUT2D eigenvalue weighted by Gasteiger charge is 2.21. The fraction of sp³-hybridized carbons (Fsp3) is 0.857. The van der Waals surface area contributed by atoms with E-state index in [9.17, 15) is 9.59 Å². The van der Waals surface area contributed by atoms with Gasteiger partial charge in [0.2, 0.25) is 5.91 Å². The summed E-state index contributed by atoms with van der Waals surface area (Å²) < 4.78 is 0. The van der Waals surface area contributed by atoms with Crippen molar-refractivity contribution in [2.75, 3.05) is 6.54 Å². The Morgan fingerprint density at radius 3 is 2.32 bits per heavy atom. The Kier molecular flexibility index (Phi) is 5.63. The van der Waals surface area contributed by atoms with Crippen LogP contribution in [0.25, 0.3) is 0 Å². The van der Waals surface area contributed by atoms with Gasteiger partial charge in [0, 0.05) is 12.1 Å². The molecule has 0 heterocycles. The fourth-order valence-electron chi connectivity index (χ4n) is 2.24. The van der Waals surface area contributed by atoms with E-state index in [-0.39, 0.29) is 17.5 Å². The molecule has 1 fully saturated rings. The molecule has 0 unspecified atom stereocenters. The Morgan fingerprint density at radius 1 is 1.21 bits per heavy atom. The minimum absolute atomic E-state index is 0.163. The maximum Gasteiger partial charge on any atom is 0.315 e. The predicted octanol–water partition coefficient (Wildman–Crippen LogP) is 1.78. The summed E-state index contributed by atoms with van der Waals surface area (Å²) in [6, 6.07) is -0.786. The molecule has 0 saturated heterocycles. The smallest absolute Gasteiger partial charge is 0.315 e. The van der Waals surface area contributed by atoms with Crippen molar-refractivity contribution in [3.05, 3.63) is 0 Å². The van der Waals surface area contributed by atoms with Crippen LogP contribution in [0.4, 0.5) is 4.79 Å². The SMILES string of the molecule is C[C@H](NC(=O)NCC1CCCC1)C(=O)NC(C)(C)C. The van der Waals surface area contributed by atoms with Crippen molar-refractivity contribution >= 4 is 11.9 Å². The molecule has 0 spiro atoms. The molecule has 5 heteroatoms. The fourth-order valence-corrected chi connectivity index (χ4v) is 2.24. The first kappa shape index (κ1) is 15.8. The van der Waals surface area contributed by atoms with Gasteiger partial charge in [-0.15, -0.1) is 0 Å². The molecule has 3 N–H and O–H groups in total. The second-order valence-corrected chi connectivity index (χ2v) is 6.47. The van der Waals surface area contributed by atoms with Crippen LogP contribution >= 0.6 is 0 Å². The Labute approximate surface area is 115 Å². The maximum absolute atomic E-state index is 11.8. The van der Waals surface area contributed by atoms with Gasteiger partial charge in [-0.25, -0.2) is 4.79 Å². The van der Waals surface area contributed by atoms with Crippen molar-refractivity contribution in [1.82, 2.24) is 16.0 Å². The van der Waals surface area contributed by atoms with Crippen LogP contribution in [0, 0.1) is 5.92 Å². The molecule has 0 radical (unpaired) electrons. The summed E-state index contributed by atoms with van der Waals surface area (Å²) in [6.07, 6.45) is 4.91. The van der Waals surface area contributed by atoms with E-state index in [1.54, 1.807) is 6.92 Å². The molecule has 1 saturated carbocycles. The molecule has 5 nitrogen and oxygen atoms in total. The molecule has 0 aromatic rings. The van der Waals surface area contributed by atoms with E-state index in [1.165, 1.54) is 25.7 Å². The van der Waals surface area contributed by atoms with Gasteiger partial charge in [0.1, 0.15) is 6.04 Å². The van der Waals surface area contributed by atoms with Gasteiger partial charge in [-0.1, -0.05) is 12.8 Å². The van der Waals surface area contributed by atoms with Gasteiger partial charge in [0.25, 0.3) is 0 Å². The van der Waals surface area contributed by atoms with Crippen LogP contribution in [0.3, 0.4) is 0 Å². The molecular formula is C14H27N3O2. The summed E-state index contributed by atoms with van der Waals surface area (Å²) in [4.78, 5) is 23.5. The molecule has 3 amide bonds. The third-order valence-corrected chi connectivity index (χ3v) is 3.27. The number of carbonyl (C=O) groups excluding carboxylic acids is 2. The molecule has 1 aliphatic carbocycles. The largest absolute Gasteiger partial charge is 0.350 e. The highest BCUT2D eigenvalue weighted by Crippen LogP contribution is 2.23. The summed E-state index contributed by atoms with van der Waals surface area (Å²) in [5.74, 6) is 0.438. The van der Waals surface area contributed by atoms with Crippen molar-refractivity contribution in [2.24, 2.45) is 5.92 Å². The van der Waals surface area contributed by atoms with Gasteiger partial charge in [0.05, 0.1) is 0 Å². The van der Waals surface area contributed by atoms with Crippen LogP contribution in [0.5, 0.6) is 0 Å². The number of rotatable bonds is 4. The first-order valence-corrected chi connectivity index (χ1v) is 7.14. The summed E-state index contributed by atoms with van der Waals surface area (Å²) in [5.41, 5.74) is -0.284. The molecule has 1 aliphatic rings. The molecular weight excluding hydrogens is 242 g/mol. The highest BCUT2D eigenvalue weighted by molar-refractivity contribution is 5.87. The lowest BCUT2D eigenvalue weighted by Gasteiger charge is -2.23. The lowest BCUT2D eigenvalue weighted by atomic mass is 10.1. The molecule has 0 aromatic heterocycles. The van der Waals surface area contributed by atoms with Crippen molar-refractivity contribution in [1.29, 1.82) is 0 Å². The average Bonchev–Trinajstić information content (AvgIpc) is 2.76. The third-order valence-electron chi connectivity index (χ3n) is 3.27. The normalized spacial score (nSPS) is 17.9. The van der Waals surface area contributed by atoms with E-state index in [0.717, 1.165) is 0 Å². The Bertz CT molecular complexity index is 317. The summed E-state index contributed by atoms with van der Waals surface area (Å²) in [5, 5.41) is 8.35. The Morgan fingerprint density at radius 2 is 1.79 bits per heavy atom. The number of urea groups is 1. The standard InChI is InChI=1S/C14H27N3O2/c1-10(12(18)17-14(2,3)4)16-13(19)15-9-11-7-5-6-8-11/h10-11H,5-9H2,1-4H3,(H,17,18)(H2,15,16,19)/t10-/m0/s1. The quantitative estimate of drug-likeness (QED) is 0.728. The number of hydrogen-bond acceptors (Lipinski definition) is 2. The van der Waals surface area contributed by atoms with E-state index < -0.39 is 6.04 Å². The van der Waals surface area contributed by atoms with Crippen LogP contribution in [0.15, 0.2) is 0 Å². The van der Waals surface area contributed by atoms with Gasteiger partial charge in [-0.3, -0.25) is 4.79 Å². The number of carbonyl (C=O) groups is 2. The summed E-state index contributed by atoms with van der Waals surface area (Å²) in [6.45, 7) is 8.14. The first-order valence-electron chi connectivity index (χ1n) is 7.14. The Hall–Kier alpha value is -1.26.